The molecular weight excluding hydrogens is 250 g/mol. The molecule has 0 aliphatic rings. The zero-order valence-electron chi connectivity index (χ0n) is 12.4. The maximum absolute atomic E-state index is 11.8. The van der Waals surface area contributed by atoms with Gasteiger partial charge in [-0.15, -0.1) is 0 Å². The molecule has 0 bridgehead atoms. The van der Waals surface area contributed by atoms with Gasteiger partial charge >= 0.3 is 12.1 Å². The summed E-state index contributed by atoms with van der Waals surface area (Å²) >= 11 is 0. The summed E-state index contributed by atoms with van der Waals surface area (Å²) in [5, 5.41) is 9.30. The molecule has 0 radical (unpaired) electrons. The number of aliphatic hydroxyl groups is 1. The Morgan fingerprint density at radius 2 is 1.89 bits per heavy atom. The van der Waals surface area contributed by atoms with Gasteiger partial charge in [0.2, 0.25) is 0 Å². The highest BCUT2D eigenvalue weighted by atomic mass is 16.6. The Labute approximate surface area is 114 Å². The predicted octanol–water partition coefficient (Wildman–Crippen LogP) is 1.56. The van der Waals surface area contributed by atoms with Gasteiger partial charge in [0.05, 0.1) is 19.8 Å². The van der Waals surface area contributed by atoms with E-state index in [1.165, 1.54) is 12.0 Å². The molecule has 0 saturated carbocycles. The largest absolute Gasteiger partial charge is 0.469 e. The van der Waals surface area contributed by atoms with E-state index in [1.807, 2.05) is 0 Å². The predicted molar refractivity (Wildman–Crippen MR) is 70.7 cm³/mol. The zero-order valence-corrected chi connectivity index (χ0v) is 12.4. The number of ether oxygens (including phenoxy) is 2. The maximum atomic E-state index is 11.8. The molecule has 1 amide bonds. The quantitative estimate of drug-likeness (QED) is 0.744. The molecule has 1 unspecified atom stereocenters. The van der Waals surface area contributed by atoms with Crippen molar-refractivity contribution in [3.8, 4) is 0 Å². The molecule has 112 valence electrons. The average molecular weight is 275 g/mol. The van der Waals surface area contributed by atoms with Crippen LogP contribution >= 0.6 is 0 Å². The van der Waals surface area contributed by atoms with E-state index in [1.54, 1.807) is 27.8 Å². The Morgan fingerprint density at radius 1 is 1.32 bits per heavy atom. The van der Waals surface area contributed by atoms with Crippen LogP contribution in [0, 0.1) is 0 Å². The Morgan fingerprint density at radius 3 is 2.32 bits per heavy atom. The molecule has 6 heteroatoms. The lowest BCUT2D eigenvalue weighted by atomic mass is 10.1. The van der Waals surface area contributed by atoms with E-state index in [-0.39, 0.29) is 25.0 Å². The average Bonchev–Trinajstić information content (AvgIpc) is 2.31. The number of hydrogen-bond acceptors (Lipinski definition) is 5. The van der Waals surface area contributed by atoms with Crippen molar-refractivity contribution in [1.82, 2.24) is 4.90 Å². The smallest absolute Gasteiger partial charge is 0.410 e. The van der Waals surface area contributed by atoms with Crippen LogP contribution in [0.3, 0.4) is 0 Å². The Kier molecular flexibility index (Phi) is 7.44. The summed E-state index contributed by atoms with van der Waals surface area (Å²) in [4.78, 5) is 24.2. The van der Waals surface area contributed by atoms with Crippen LogP contribution in [0.25, 0.3) is 0 Å². The topological polar surface area (TPSA) is 76.1 Å². The van der Waals surface area contributed by atoms with Gasteiger partial charge < -0.3 is 19.5 Å². The molecule has 0 aromatic rings. The molecule has 1 N–H and O–H groups in total. The van der Waals surface area contributed by atoms with Crippen molar-refractivity contribution < 1.29 is 24.2 Å². The van der Waals surface area contributed by atoms with Gasteiger partial charge in [-0.3, -0.25) is 4.79 Å². The van der Waals surface area contributed by atoms with Gasteiger partial charge in [0, 0.05) is 13.5 Å². The monoisotopic (exact) mass is 275 g/mol. The summed E-state index contributed by atoms with van der Waals surface area (Å²) in [7, 11) is 2.91. The van der Waals surface area contributed by atoms with E-state index in [0.717, 1.165) is 0 Å². The van der Waals surface area contributed by atoms with Crippen molar-refractivity contribution in [2.75, 3.05) is 20.8 Å². The van der Waals surface area contributed by atoms with Crippen LogP contribution in [0.15, 0.2) is 0 Å². The second-order valence-electron chi connectivity index (χ2n) is 5.40. The number of methoxy groups -OCH3 is 1. The standard InChI is InChI=1S/C13H25NO5/c1-13(2,3)19-12(17)14(4)10(9-15)7-6-8-11(16)18-5/h10,15H,6-9H2,1-5H3. The SMILES string of the molecule is COC(=O)CCCC(CO)N(C)C(=O)OC(C)(C)C. The number of carbonyl (C=O) groups is 2. The molecule has 0 aliphatic carbocycles. The molecule has 0 aromatic carbocycles. The number of carbonyl (C=O) groups excluding carboxylic acids is 2. The summed E-state index contributed by atoms with van der Waals surface area (Å²) < 4.78 is 9.75. The minimum Gasteiger partial charge on any atom is -0.469 e. The molecule has 0 aliphatic heterocycles. The van der Waals surface area contributed by atoms with Gasteiger partial charge in [-0.25, -0.2) is 4.79 Å². The van der Waals surface area contributed by atoms with Crippen LogP contribution in [0.2, 0.25) is 0 Å². The summed E-state index contributed by atoms with van der Waals surface area (Å²) in [6.45, 7) is 5.18. The van der Waals surface area contributed by atoms with Crippen molar-refractivity contribution in [2.24, 2.45) is 0 Å². The van der Waals surface area contributed by atoms with E-state index in [2.05, 4.69) is 4.74 Å². The molecule has 0 heterocycles. The van der Waals surface area contributed by atoms with Gasteiger partial charge in [0.1, 0.15) is 5.60 Å². The first-order valence-electron chi connectivity index (χ1n) is 6.34. The second-order valence-corrected chi connectivity index (χ2v) is 5.40. The van der Waals surface area contributed by atoms with E-state index >= 15 is 0 Å². The molecule has 6 nitrogen and oxygen atoms in total. The second kappa shape index (κ2) is 7.99. The third kappa shape index (κ3) is 7.66. The number of likely N-dealkylation sites (N-methyl/N-ethyl adjacent to an activating group) is 1. The van der Waals surface area contributed by atoms with Gasteiger partial charge in [0.25, 0.3) is 0 Å². The lowest BCUT2D eigenvalue weighted by Crippen LogP contribution is -2.42. The highest BCUT2D eigenvalue weighted by Crippen LogP contribution is 2.13. The zero-order chi connectivity index (χ0) is 15.1. The summed E-state index contributed by atoms with van der Waals surface area (Å²) in [6.07, 6.45) is 0.853. The van der Waals surface area contributed by atoms with Crippen LogP contribution in [-0.4, -0.2) is 54.5 Å². The van der Waals surface area contributed by atoms with Gasteiger partial charge in [0.15, 0.2) is 0 Å². The molecule has 1 atom stereocenters. The number of rotatable bonds is 6. The Balaban J connectivity index is 4.27. The first kappa shape index (κ1) is 17.7. The first-order chi connectivity index (χ1) is 8.71. The van der Waals surface area contributed by atoms with Gasteiger partial charge in [-0.05, 0) is 33.6 Å². The van der Waals surface area contributed by atoms with E-state index in [4.69, 9.17) is 4.74 Å². The first-order valence-corrected chi connectivity index (χ1v) is 6.34. The molecule has 0 fully saturated rings. The Hall–Kier alpha value is -1.30. The fraction of sp³-hybridized carbons (Fsp3) is 0.846. The van der Waals surface area contributed by atoms with Crippen molar-refractivity contribution >= 4 is 12.1 Å². The highest BCUT2D eigenvalue weighted by Gasteiger charge is 2.24. The molecule has 0 spiro atoms. The third-order valence-corrected chi connectivity index (χ3v) is 2.59. The maximum Gasteiger partial charge on any atom is 0.410 e. The summed E-state index contributed by atoms with van der Waals surface area (Å²) in [5.41, 5.74) is -0.572. The molecule has 0 saturated heterocycles. The molecule has 19 heavy (non-hydrogen) atoms. The summed E-state index contributed by atoms with van der Waals surface area (Å²) in [6, 6.07) is -0.362. The van der Waals surface area contributed by atoms with E-state index in [9.17, 15) is 14.7 Å². The normalized spacial score (nSPS) is 12.7. The van der Waals surface area contributed by atoms with Crippen LogP contribution in [0.4, 0.5) is 4.79 Å². The van der Waals surface area contributed by atoms with Crippen LogP contribution in [0.5, 0.6) is 0 Å². The lowest BCUT2D eigenvalue weighted by Gasteiger charge is -2.29. The van der Waals surface area contributed by atoms with Crippen molar-refractivity contribution in [1.29, 1.82) is 0 Å². The minimum atomic E-state index is -0.572. The number of hydrogen-bond donors (Lipinski definition) is 1. The number of aliphatic hydroxyl groups excluding tert-OH is 1. The molecule has 0 aromatic heterocycles. The summed E-state index contributed by atoms with van der Waals surface area (Å²) in [5.74, 6) is -0.295. The van der Waals surface area contributed by atoms with Crippen LogP contribution in [-0.2, 0) is 14.3 Å². The van der Waals surface area contributed by atoms with Crippen molar-refractivity contribution in [3.63, 3.8) is 0 Å². The minimum absolute atomic E-state index is 0.170. The number of amides is 1. The van der Waals surface area contributed by atoms with Crippen molar-refractivity contribution in [2.45, 2.75) is 51.7 Å². The fourth-order valence-corrected chi connectivity index (χ4v) is 1.47. The fourth-order valence-electron chi connectivity index (χ4n) is 1.47. The highest BCUT2D eigenvalue weighted by molar-refractivity contribution is 5.69. The molecule has 0 rings (SSSR count). The molecular formula is C13H25NO5. The van der Waals surface area contributed by atoms with E-state index < -0.39 is 11.7 Å². The van der Waals surface area contributed by atoms with Gasteiger partial charge in [-0.2, -0.15) is 0 Å². The third-order valence-electron chi connectivity index (χ3n) is 2.59. The van der Waals surface area contributed by atoms with E-state index in [0.29, 0.717) is 12.8 Å². The van der Waals surface area contributed by atoms with Crippen molar-refractivity contribution in [3.05, 3.63) is 0 Å². The lowest BCUT2D eigenvalue weighted by molar-refractivity contribution is -0.140. The van der Waals surface area contributed by atoms with Crippen LogP contribution in [0.1, 0.15) is 40.0 Å². The Bertz CT molecular complexity index is 298. The number of esters is 1. The number of nitrogens with zero attached hydrogens (tertiary/aromatic N) is 1. The van der Waals surface area contributed by atoms with Crippen LogP contribution < -0.4 is 0 Å². The van der Waals surface area contributed by atoms with Gasteiger partial charge in [-0.1, -0.05) is 0 Å².